The number of aryl methyl sites for hydroxylation is 1. The summed E-state index contributed by atoms with van der Waals surface area (Å²) in [5.74, 6) is 0.711. The number of nitrogens with two attached hydrogens (primary N) is 1. The molecule has 1 aliphatic rings. The maximum absolute atomic E-state index is 5.86. The third-order valence-corrected chi connectivity index (χ3v) is 2.89. The quantitative estimate of drug-likeness (QED) is 0.756. The van der Waals surface area contributed by atoms with Gasteiger partial charge in [0, 0.05) is 37.8 Å². The molecule has 1 aliphatic heterocycles. The monoisotopic (exact) mass is 194 g/mol. The van der Waals surface area contributed by atoms with Gasteiger partial charge in [-0.05, 0) is 13.0 Å². The van der Waals surface area contributed by atoms with Gasteiger partial charge >= 0.3 is 0 Å². The van der Waals surface area contributed by atoms with Crippen molar-refractivity contribution < 1.29 is 0 Å². The highest BCUT2D eigenvalue weighted by Crippen LogP contribution is 2.23. The molecule has 2 N–H and O–H groups in total. The summed E-state index contributed by atoms with van der Waals surface area (Å²) in [4.78, 5) is 2.44. The SMILES string of the molecule is CCCN1CCc2c(c(N)nn2C)C1. The second-order valence-electron chi connectivity index (χ2n) is 3.96. The molecule has 0 aromatic carbocycles. The van der Waals surface area contributed by atoms with Crippen LogP contribution in [0.5, 0.6) is 0 Å². The van der Waals surface area contributed by atoms with Crippen LogP contribution in [-0.4, -0.2) is 27.8 Å². The fraction of sp³-hybridized carbons (Fsp3) is 0.700. The molecule has 4 heteroatoms. The normalized spacial score (nSPS) is 17.0. The van der Waals surface area contributed by atoms with E-state index in [1.165, 1.54) is 17.7 Å². The summed E-state index contributed by atoms with van der Waals surface area (Å²) in [6, 6.07) is 0. The minimum Gasteiger partial charge on any atom is -0.382 e. The molecule has 0 saturated heterocycles. The molecule has 78 valence electrons. The Morgan fingerprint density at radius 3 is 3.00 bits per heavy atom. The Balaban J connectivity index is 2.21. The van der Waals surface area contributed by atoms with Crippen LogP contribution in [0.25, 0.3) is 0 Å². The lowest BCUT2D eigenvalue weighted by atomic mass is 10.1. The van der Waals surface area contributed by atoms with Crippen LogP contribution in [0, 0.1) is 0 Å². The second-order valence-corrected chi connectivity index (χ2v) is 3.96. The van der Waals surface area contributed by atoms with Crippen LogP contribution in [0.2, 0.25) is 0 Å². The van der Waals surface area contributed by atoms with Gasteiger partial charge in [0.05, 0.1) is 0 Å². The lowest BCUT2D eigenvalue weighted by Crippen LogP contribution is -2.31. The zero-order valence-electron chi connectivity index (χ0n) is 8.95. The smallest absolute Gasteiger partial charge is 0.150 e. The van der Waals surface area contributed by atoms with Crippen LogP contribution in [0.4, 0.5) is 5.82 Å². The number of aromatic nitrogens is 2. The van der Waals surface area contributed by atoms with Crippen LogP contribution < -0.4 is 5.73 Å². The first-order chi connectivity index (χ1) is 6.72. The Hall–Kier alpha value is -1.03. The molecule has 0 radical (unpaired) electrons. The summed E-state index contributed by atoms with van der Waals surface area (Å²) >= 11 is 0. The van der Waals surface area contributed by atoms with Crippen LogP contribution in [0.1, 0.15) is 24.6 Å². The van der Waals surface area contributed by atoms with Crippen molar-refractivity contribution in [2.75, 3.05) is 18.8 Å². The fourth-order valence-corrected chi connectivity index (χ4v) is 2.18. The number of fused-ring (bicyclic) bond motifs is 1. The molecule has 0 spiro atoms. The van der Waals surface area contributed by atoms with Crippen LogP contribution >= 0.6 is 0 Å². The second kappa shape index (κ2) is 3.61. The van der Waals surface area contributed by atoms with E-state index in [0.717, 1.165) is 26.1 Å². The van der Waals surface area contributed by atoms with Crippen molar-refractivity contribution in [1.82, 2.24) is 14.7 Å². The zero-order valence-corrected chi connectivity index (χ0v) is 8.95. The molecule has 0 unspecified atom stereocenters. The summed E-state index contributed by atoms with van der Waals surface area (Å²) in [5, 5.41) is 4.26. The molecule has 1 aromatic heterocycles. The van der Waals surface area contributed by atoms with Crippen molar-refractivity contribution in [2.24, 2.45) is 7.05 Å². The van der Waals surface area contributed by atoms with Crippen LogP contribution in [0.3, 0.4) is 0 Å². The number of anilines is 1. The third-order valence-electron chi connectivity index (χ3n) is 2.89. The molecule has 0 saturated carbocycles. The summed E-state index contributed by atoms with van der Waals surface area (Å²) in [6.07, 6.45) is 2.28. The highest BCUT2D eigenvalue weighted by atomic mass is 15.3. The van der Waals surface area contributed by atoms with Crippen molar-refractivity contribution in [2.45, 2.75) is 26.3 Å². The van der Waals surface area contributed by atoms with Gasteiger partial charge in [0.2, 0.25) is 0 Å². The molecule has 2 heterocycles. The van der Waals surface area contributed by atoms with E-state index in [1.807, 2.05) is 11.7 Å². The molecular formula is C10H18N4. The van der Waals surface area contributed by atoms with Gasteiger partial charge in [-0.2, -0.15) is 5.10 Å². The molecular weight excluding hydrogens is 176 g/mol. The molecule has 0 bridgehead atoms. The van der Waals surface area contributed by atoms with E-state index >= 15 is 0 Å². The van der Waals surface area contributed by atoms with E-state index in [4.69, 9.17) is 5.73 Å². The summed E-state index contributed by atoms with van der Waals surface area (Å²) in [5.41, 5.74) is 8.42. The Morgan fingerprint density at radius 1 is 1.50 bits per heavy atom. The van der Waals surface area contributed by atoms with Crippen LogP contribution in [-0.2, 0) is 20.0 Å². The molecule has 0 amide bonds. The molecule has 14 heavy (non-hydrogen) atoms. The number of nitrogen functional groups attached to an aromatic ring is 1. The highest BCUT2D eigenvalue weighted by Gasteiger charge is 2.21. The Bertz CT molecular complexity index is 329. The minimum absolute atomic E-state index is 0.711. The van der Waals surface area contributed by atoms with Gasteiger partial charge in [0.1, 0.15) is 5.82 Å². The van der Waals surface area contributed by atoms with E-state index < -0.39 is 0 Å². The first-order valence-electron chi connectivity index (χ1n) is 5.25. The van der Waals surface area contributed by atoms with Crippen molar-refractivity contribution in [3.63, 3.8) is 0 Å². The van der Waals surface area contributed by atoms with E-state index in [-0.39, 0.29) is 0 Å². The average molecular weight is 194 g/mol. The summed E-state index contributed by atoms with van der Waals surface area (Å²) in [7, 11) is 1.98. The number of hydrogen-bond donors (Lipinski definition) is 1. The van der Waals surface area contributed by atoms with Gasteiger partial charge in [-0.1, -0.05) is 6.92 Å². The van der Waals surface area contributed by atoms with Gasteiger partial charge in [-0.15, -0.1) is 0 Å². The molecule has 0 aliphatic carbocycles. The Labute approximate surface area is 84.7 Å². The maximum Gasteiger partial charge on any atom is 0.150 e. The largest absolute Gasteiger partial charge is 0.382 e. The van der Waals surface area contributed by atoms with Gasteiger partial charge in [0.25, 0.3) is 0 Å². The van der Waals surface area contributed by atoms with E-state index in [0.29, 0.717) is 5.82 Å². The van der Waals surface area contributed by atoms with Gasteiger partial charge in [-0.25, -0.2) is 0 Å². The minimum atomic E-state index is 0.711. The van der Waals surface area contributed by atoms with Crippen molar-refractivity contribution >= 4 is 5.82 Å². The predicted octanol–water partition coefficient (Wildman–Crippen LogP) is 0.770. The van der Waals surface area contributed by atoms with Gasteiger partial charge < -0.3 is 5.73 Å². The predicted molar refractivity (Wildman–Crippen MR) is 56.9 cm³/mol. The van der Waals surface area contributed by atoms with Crippen molar-refractivity contribution in [3.05, 3.63) is 11.3 Å². The molecule has 2 rings (SSSR count). The lowest BCUT2D eigenvalue weighted by Gasteiger charge is -2.26. The first-order valence-corrected chi connectivity index (χ1v) is 5.25. The number of hydrogen-bond acceptors (Lipinski definition) is 3. The van der Waals surface area contributed by atoms with Crippen molar-refractivity contribution in [1.29, 1.82) is 0 Å². The Morgan fingerprint density at radius 2 is 2.29 bits per heavy atom. The van der Waals surface area contributed by atoms with Crippen LogP contribution in [0.15, 0.2) is 0 Å². The molecule has 0 atom stereocenters. The van der Waals surface area contributed by atoms with E-state index in [1.54, 1.807) is 0 Å². The van der Waals surface area contributed by atoms with E-state index in [2.05, 4.69) is 16.9 Å². The van der Waals surface area contributed by atoms with Crippen molar-refractivity contribution in [3.8, 4) is 0 Å². The lowest BCUT2D eigenvalue weighted by molar-refractivity contribution is 0.252. The molecule has 0 fully saturated rings. The first kappa shape index (κ1) is 9.52. The number of rotatable bonds is 2. The molecule has 1 aromatic rings. The van der Waals surface area contributed by atoms with E-state index in [9.17, 15) is 0 Å². The summed E-state index contributed by atoms with van der Waals surface area (Å²) < 4.78 is 1.92. The molecule has 4 nitrogen and oxygen atoms in total. The Kier molecular flexibility index (Phi) is 2.46. The zero-order chi connectivity index (χ0) is 10.1. The number of nitrogens with zero attached hydrogens (tertiary/aromatic N) is 3. The highest BCUT2D eigenvalue weighted by molar-refractivity contribution is 5.43. The standard InChI is InChI=1S/C10H18N4/c1-3-5-14-6-4-9-8(7-14)10(11)12-13(9)2/h3-7H2,1-2H3,(H2,11,12). The average Bonchev–Trinajstić information content (AvgIpc) is 2.43. The summed E-state index contributed by atoms with van der Waals surface area (Å²) in [6.45, 7) is 5.48. The van der Waals surface area contributed by atoms with Gasteiger partial charge in [-0.3, -0.25) is 9.58 Å². The maximum atomic E-state index is 5.86. The van der Waals surface area contributed by atoms with Gasteiger partial charge in [0.15, 0.2) is 0 Å². The third kappa shape index (κ3) is 1.50. The fourth-order valence-electron chi connectivity index (χ4n) is 2.18. The topological polar surface area (TPSA) is 47.1 Å².